The van der Waals surface area contributed by atoms with Crippen molar-refractivity contribution in [1.29, 1.82) is 0 Å². The van der Waals surface area contributed by atoms with Gasteiger partial charge in [0.05, 0.1) is 0 Å². The highest BCUT2D eigenvalue weighted by molar-refractivity contribution is 6.30. The number of benzene rings is 1. The lowest BCUT2D eigenvalue weighted by molar-refractivity contribution is 0.341. The number of hydrogen-bond acceptors (Lipinski definition) is 1. The van der Waals surface area contributed by atoms with Gasteiger partial charge in [0.1, 0.15) is 5.82 Å². The maximum Gasteiger partial charge on any atom is 0.128 e. The Balaban J connectivity index is 0.00000128. The Labute approximate surface area is 107 Å². The van der Waals surface area contributed by atoms with Crippen LogP contribution in [0, 0.1) is 11.7 Å². The van der Waals surface area contributed by atoms with Crippen LogP contribution in [0.15, 0.2) is 18.2 Å². The Morgan fingerprint density at radius 2 is 2.19 bits per heavy atom. The third-order valence-electron chi connectivity index (χ3n) is 3.15. The fourth-order valence-electron chi connectivity index (χ4n) is 2.28. The monoisotopic (exact) mass is 263 g/mol. The van der Waals surface area contributed by atoms with Gasteiger partial charge in [-0.2, -0.15) is 0 Å². The molecule has 16 heavy (non-hydrogen) atoms. The normalized spacial score (nSPS) is 24.9. The van der Waals surface area contributed by atoms with Gasteiger partial charge in [0, 0.05) is 5.02 Å². The molecule has 1 aromatic rings. The molecule has 1 aliphatic heterocycles. The van der Waals surface area contributed by atoms with Crippen LogP contribution in [0.4, 0.5) is 4.39 Å². The molecular formula is C12H16Cl2FN. The minimum absolute atomic E-state index is 0. The molecule has 1 fully saturated rings. The highest BCUT2D eigenvalue weighted by Gasteiger charge is 2.24. The van der Waals surface area contributed by atoms with Crippen molar-refractivity contribution < 1.29 is 4.39 Å². The zero-order valence-corrected chi connectivity index (χ0v) is 10.7. The van der Waals surface area contributed by atoms with Crippen LogP contribution in [-0.4, -0.2) is 13.1 Å². The molecule has 1 heterocycles. The summed E-state index contributed by atoms with van der Waals surface area (Å²) < 4.78 is 13.7. The lowest BCUT2D eigenvalue weighted by atomic mass is 9.82. The first-order chi connectivity index (χ1) is 7.18. The molecule has 1 aliphatic rings. The molecule has 1 aromatic carbocycles. The number of rotatable bonds is 1. The summed E-state index contributed by atoms with van der Waals surface area (Å²) in [5.74, 6) is 0.638. The minimum Gasteiger partial charge on any atom is -0.316 e. The second kappa shape index (κ2) is 5.85. The summed E-state index contributed by atoms with van der Waals surface area (Å²) in [4.78, 5) is 0. The Kier molecular flexibility index (Phi) is 5.03. The summed E-state index contributed by atoms with van der Waals surface area (Å²) in [5, 5.41) is 3.79. The van der Waals surface area contributed by atoms with E-state index in [-0.39, 0.29) is 18.2 Å². The molecular weight excluding hydrogens is 248 g/mol. The predicted octanol–water partition coefficient (Wildman–Crippen LogP) is 3.61. The van der Waals surface area contributed by atoms with Crippen molar-refractivity contribution in [2.24, 2.45) is 5.92 Å². The van der Waals surface area contributed by atoms with E-state index in [1.165, 1.54) is 6.07 Å². The van der Waals surface area contributed by atoms with E-state index in [1.807, 2.05) is 6.07 Å². The fraction of sp³-hybridized carbons (Fsp3) is 0.500. The van der Waals surface area contributed by atoms with Crippen molar-refractivity contribution in [3.8, 4) is 0 Å². The third-order valence-corrected chi connectivity index (χ3v) is 3.38. The average molecular weight is 264 g/mol. The molecule has 0 radical (unpaired) electrons. The summed E-state index contributed by atoms with van der Waals surface area (Å²) in [7, 11) is 0. The summed E-state index contributed by atoms with van der Waals surface area (Å²) in [5.41, 5.74) is 0.813. The average Bonchev–Trinajstić information content (AvgIpc) is 2.20. The molecule has 0 amide bonds. The number of piperidine rings is 1. The van der Waals surface area contributed by atoms with E-state index in [0.717, 1.165) is 25.1 Å². The molecule has 90 valence electrons. The summed E-state index contributed by atoms with van der Waals surface area (Å²) >= 11 is 5.74. The zero-order valence-electron chi connectivity index (χ0n) is 9.17. The predicted molar refractivity (Wildman–Crippen MR) is 68.0 cm³/mol. The third kappa shape index (κ3) is 2.88. The van der Waals surface area contributed by atoms with Gasteiger partial charge in [-0.15, -0.1) is 12.4 Å². The van der Waals surface area contributed by atoms with Crippen LogP contribution in [0.2, 0.25) is 5.02 Å². The maximum atomic E-state index is 13.7. The van der Waals surface area contributed by atoms with Crippen LogP contribution < -0.4 is 5.32 Å². The first kappa shape index (κ1) is 13.8. The molecule has 1 nitrogen and oxygen atoms in total. The van der Waals surface area contributed by atoms with Gasteiger partial charge < -0.3 is 5.32 Å². The lowest BCUT2D eigenvalue weighted by Gasteiger charge is -2.30. The summed E-state index contributed by atoms with van der Waals surface area (Å²) in [6, 6.07) is 5.00. The van der Waals surface area contributed by atoms with Crippen molar-refractivity contribution in [1.82, 2.24) is 5.32 Å². The van der Waals surface area contributed by atoms with Crippen molar-refractivity contribution >= 4 is 24.0 Å². The van der Waals surface area contributed by atoms with Crippen LogP contribution in [0.3, 0.4) is 0 Å². The van der Waals surface area contributed by atoms with E-state index in [0.29, 0.717) is 16.9 Å². The van der Waals surface area contributed by atoms with Gasteiger partial charge in [-0.25, -0.2) is 4.39 Å². The fourth-order valence-corrected chi connectivity index (χ4v) is 2.44. The second-order valence-corrected chi connectivity index (χ2v) is 4.68. The van der Waals surface area contributed by atoms with Crippen molar-refractivity contribution in [2.45, 2.75) is 19.3 Å². The van der Waals surface area contributed by atoms with Crippen molar-refractivity contribution in [3.63, 3.8) is 0 Å². The smallest absolute Gasteiger partial charge is 0.128 e. The minimum atomic E-state index is -0.166. The van der Waals surface area contributed by atoms with Crippen LogP contribution in [0.5, 0.6) is 0 Å². The van der Waals surface area contributed by atoms with E-state index in [9.17, 15) is 4.39 Å². The number of nitrogens with one attached hydrogen (secondary N) is 1. The van der Waals surface area contributed by atoms with Crippen LogP contribution in [-0.2, 0) is 0 Å². The molecule has 0 saturated carbocycles. The Bertz CT molecular complexity index is 357. The Morgan fingerprint density at radius 3 is 2.81 bits per heavy atom. The number of halogens is 3. The molecule has 0 bridgehead atoms. The van der Waals surface area contributed by atoms with Gasteiger partial charge >= 0.3 is 0 Å². The quantitative estimate of drug-likeness (QED) is 0.817. The second-order valence-electron chi connectivity index (χ2n) is 4.24. The van der Waals surface area contributed by atoms with E-state index < -0.39 is 0 Å². The molecule has 2 rings (SSSR count). The molecule has 0 aromatic heterocycles. The highest BCUT2D eigenvalue weighted by Crippen LogP contribution is 2.32. The SMILES string of the molecule is C[C@@H]1CNCC[C@@H]1c1ccc(Cl)cc1F.Cl. The first-order valence-electron chi connectivity index (χ1n) is 5.34. The van der Waals surface area contributed by atoms with Gasteiger partial charge in [-0.05, 0) is 49.0 Å². The summed E-state index contributed by atoms with van der Waals surface area (Å²) in [6.45, 7) is 4.09. The number of hydrogen-bond donors (Lipinski definition) is 1. The molecule has 2 atom stereocenters. The van der Waals surface area contributed by atoms with Gasteiger partial charge in [0.2, 0.25) is 0 Å². The lowest BCUT2D eigenvalue weighted by Crippen LogP contribution is -2.34. The Hall–Kier alpha value is -0.310. The van der Waals surface area contributed by atoms with Gasteiger partial charge in [0.25, 0.3) is 0 Å². The zero-order chi connectivity index (χ0) is 10.8. The van der Waals surface area contributed by atoms with Crippen LogP contribution in [0.1, 0.15) is 24.8 Å². The molecule has 0 aliphatic carbocycles. The van der Waals surface area contributed by atoms with Gasteiger partial charge in [0.15, 0.2) is 0 Å². The summed E-state index contributed by atoms with van der Waals surface area (Å²) in [6.07, 6.45) is 1.000. The topological polar surface area (TPSA) is 12.0 Å². The van der Waals surface area contributed by atoms with E-state index >= 15 is 0 Å². The molecule has 4 heteroatoms. The molecule has 0 spiro atoms. The standard InChI is InChI=1S/C12H15ClFN.ClH/c1-8-7-15-5-4-10(8)11-3-2-9(13)6-12(11)14;/h2-3,6,8,10,15H,4-5,7H2,1H3;1H/t8-,10+;/m1./s1. The molecule has 0 unspecified atom stereocenters. The first-order valence-corrected chi connectivity index (χ1v) is 5.72. The van der Waals surface area contributed by atoms with Crippen molar-refractivity contribution in [3.05, 3.63) is 34.6 Å². The van der Waals surface area contributed by atoms with Crippen LogP contribution in [0.25, 0.3) is 0 Å². The van der Waals surface area contributed by atoms with Crippen molar-refractivity contribution in [2.75, 3.05) is 13.1 Å². The van der Waals surface area contributed by atoms with E-state index in [1.54, 1.807) is 6.07 Å². The van der Waals surface area contributed by atoms with E-state index in [2.05, 4.69) is 12.2 Å². The van der Waals surface area contributed by atoms with Gasteiger partial charge in [-0.1, -0.05) is 24.6 Å². The largest absolute Gasteiger partial charge is 0.316 e. The van der Waals surface area contributed by atoms with Gasteiger partial charge in [-0.3, -0.25) is 0 Å². The Morgan fingerprint density at radius 1 is 1.44 bits per heavy atom. The highest BCUT2D eigenvalue weighted by atomic mass is 35.5. The molecule has 1 N–H and O–H groups in total. The van der Waals surface area contributed by atoms with E-state index in [4.69, 9.17) is 11.6 Å². The molecule has 1 saturated heterocycles. The van der Waals surface area contributed by atoms with Crippen LogP contribution >= 0.6 is 24.0 Å². The maximum absolute atomic E-state index is 13.7.